The fourth-order valence-electron chi connectivity index (χ4n) is 2.50. The minimum absolute atomic E-state index is 0. The molecule has 1 aromatic carbocycles. The summed E-state index contributed by atoms with van der Waals surface area (Å²) in [6, 6.07) is 8.22. The Morgan fingerprint density at radius 3 is 2.90 bits per heavy atom. The van der Waals surface area contributed by atoms with Crippen LogP contribution in [0.3, 0.4) is 0 Å². The summed E-state index contributed by atoms with van der Waals surface area (Å²) in [5, 5.41) is 17.4. The van der Waals surface area contributed by atoms with Crippen molar-refractivity contribution in [3.05, 3.63) is 30.5 Å². The Morgan fingerprint density at radius 1 is 1.25 bits per heavy atom. The van der Waals surface area contributed by atoms with Crippen LogP contribution in [0.25, 0.3) is 10.8 Å². The number of rotatable bonds is 3. The molecule has 0 spiro atoms. The summed E-state index contributed by atoms with van der Waals surface area (Å²) in [6.45, 7) is 3.23. The van der Waals surface area contributed by atoms with E-state index in [0.717, 1.165) is 36.2 Å². The Hall–Kier alpha value is -1.10. The van der Waals surface area contributed by atoms with Gasteiger partial charge in [0.15, 0.2) is 5.82 Å². The van der Waals surface area contributed by atoms with E-state index >= 15 is 0 Å². The zero-order chi connectivity index (χ0) is 12.2. The molecule has 3 rings (SSSR count). The number of benzene rings is 1. The molecule has 1 aliphatic rings. The Bertz CT molecular complexity index is 524. The van der Waals surface area contributed by atoms with Crippen molar-refractivity contribution in [2.75, 3.05) is 25.0 Å². The molecule has 0 aliphatic carbocycles. The van der Waals surface area contributed by atoms with Crippen LogP contribution in [0.1, 0.15) is 12.8 Å². The van der Waals surface area contributed by atoms with Crippen LogP contribution in [0.2, 0.25) is 0 Å². The minimum atomic E-state index is 0. The Kier molecular flexibility index (Phi) is 6.99. The van der Waals surface area contributed by atoms with Crippen LogP contribution in [0.4, 0.5) is 5.82 Å². The first-order chi connectivity index (χ1) is 8.93. The molecule has 2 N–H and O–H groups in total. The highest BCUT2D eigenvalue weighted by molar-refractivity contribution is 5.90. The number of piperidine rings is 1. The lowest BCUT2D eigenvalue weighted by Gasteiger charge is -2.23. The van der Waals surface area contributed by atoms with Gasteiger partial charge in [-0.1, -0.05) is 24.3 Å². The maximum absolute atomic E-state index is 4.21. The first kappa shape index (κ1) is 17.0. The molecule has 110 valence electrons. The molecule has 4 nitrogen and oxygen atoms in total. The predicted molar refractivity (Wildman–Crippen MR) is 88.1 cm³/mol. The first-order valence-electron chi connectivity index (χ1n) is 6.58. The van der Waals surface area contributed by atoms with Gasteiger partial charge in [-0.25, -0.2) is 0 Å². The molecule has 1 atom stereocenters. The summed E-state index contributed by atoms with van der Waals surface area (Å²) in [5.74, 6) is 1.60. The predicted octanol–water partition coefficient (Wildman–Crippen LogP) is 2.88. The molecule has 1 aromatic heterocycles. The van der Waals surface area contributed by atoms with Crippen molar-refractivity contribution < 1.29 is 0 Å². The molecule has 1 unspecified atom stereocenters. The lowest BCUT2D eigenvalue weighted by atomic mass is 10.00. The molecule has 0 saturated carbocycles. The van der Waals surface area contributed by atoms with Gasteiger partial charge >= 0.3 is 0 Å². The molecule has 2 aromatic rings. The highest BCUT2D eigenvalue weighted by Crippen LogP contribution is 2.20. The van der Waals surface area contributed by atoms with Crippen molar-refractivity contribution in [2.45, 2.75) is 12.8 Å². The molecular formula is C14H20Cl2N4. The Labute approximate surface area is 131 Å². The first-order valence-corrected chi connectivity index (χ1v) is 6.58. The van der Waals surface area contributed by atoms with E-state index in [1.54, 1.807) is 0 Å². The largest absolute Gasteiger partial charge is 0.368 e. The van der Waals surface area contributed by atoms with Crippen LogP contribution >= 0.6 is 24.8 Å². The monoisotopic (exact) mass is 314 g/mol. The summed E-state index contributed by atoms with van der Waals surface area (Å²) >= 11 is 0. The van der Waals surface area contributed by atoms with E-state index in [0.29, 0.717) is 5.92 Å². The quantitative estimate of drug-likeness (QED) is 0.914. The number of nitrogens with one attached hydrogen (secondary N) is 2. The normalized spacial score (nSPS) is 17.9. The van der Waals surface area contributed by atoms with Crippen LogP contribution in [-0.2, 0) is 0 Å². The molecule has 20 heavy (non-hydrogen) atoms. The average molecular weight is 315 g/mol. The lowest BCUT2D eigenvalue weighted by molar-refractivity contribution is 0.392. The molecule has 1 aliphatic heterocycles. The second kappa shape index (κ2) is 8.25. The third-order valence-electron chi connectivity index (χ3n) is 3.53. The zero-order valence-corrected chi connectivity index (χ0v) is 12.8. The zero-order valence-electron chi connectivity index (χ0n) is 11.2. The van der Waals surface area contributed by atoms with Crippen LogP contribution < -0.4 is 10.6 Å². The van der Waals surface area contributed by atoms with Crippen LogP contribution in [-0.4, -0.2) is 29.8 Å². The van der Waals surface area contributed by atoms with E-state index in [1.807, 2.05) is 18.3 Å². The topological polar surface area (TPSA) is 49.8 Å². The highest BCUT2D eigenvalue weighted by Gasteiger charge is 2.13. The van der Waals surface area contributed by atoms with Crippen molar-refractivity contribution in [1.82, 2.24) is 15.5 Å². The van der Waals surface area contributed by atoms with E-state index < -0.39 is 0 Å². The standard InChI is InChI=1S/C14H18N4.2ClH/c1-2-6-13-12(5-1)10-17-18-14(13)16-9-11-4-3-7-15-8-11;;/h1-2,5-6,10-11,15H,3-4,7-9H2,(H,16,18);2*1H. The molecular weight excluding hydrogens is 295 g/mol. The average Bonchev–Trinajstić information content (AvgIpc) is 2.46. The van der Waals surface area contributed by atoms with Gasteiger partial charge in [0.1, 0.15) is 0 Å². The van der Waals surface area contributed by atoms with Crippen molar-refractivity contribution in [2.24, 2.45) is 5.92 Å². The van der Waals surface area contributed by atoms with Crippen molar-refractivity contribution in [3.8, 4) is 0 Å². The van der Waals surface area contributed by atoms with Gasteiger partial charge in [-0.2, -0.15) is 5.10 Å². The van der Waals surface area contributed by atoms with Gasteiger partial charge in [0, 0.05) is 17.3 Å². The van der Waals surface area contributed by atoms with Crippen LogP contribution in [0.15, 0.2) is 30.5 Å². The Balaban J connectivity index is 0.000001000. The second-order valence-corrected chi connectivity index (χ2v) is 4.87. The molecule has 0 amide bonds. The number of hydrogen-bond acceptors (Lipinski definition) is 4. The van der Waals surface area contributed by atoms with Gasteiger partial charge in [0.05, 0.1) is 6.20 Å². The van der Waals surface area contributed by atoms with Gasteiger partial charge in [0.2, 0.25) is 0 Å². The fraction of sp³-hybridized carbons (Fsp3) is 0.429. The smallest absolute Gasteiger partial charge is 0.156 e. The van der Waals surface area contributed by atoms with E-state index in [9.17, 15) is 0 Å². The van der Waals surface area contributed by atoms with Gasteiger partial charge in [0.25, 0.3) is 0 Å². The number of nitrogens with zero attached hydrogens (tertiary/aromatic N) is 2. The number of hydrogen-bond donors (Lipinski definition) is 2. The molecule has 0 radical (unpaired) electrons. The van der Waals surface area contributed by atoms with E-state index in [-0.39, 0.29) is 24.8 Å². The number of aromatic nitrogens is 2. The van der Waals surface area contributed by atoms with E-state index in [1.165, 1.54) is 12.8 Å². The SMILES string of the molecule is Cl.Cl.c1ccc2c(NCC3CCCNC3)nncc2c1. The third kappa shape index (κ3) is 3.95. The molecule has 2 heterocycles. The van der Waals surface area contributed by atoms with Gasteiger partial charge in [-0.3, -0.25) is 0 Å². The van der Waals surface area contributed by atoms with Crippen LogP contribution in [0.5, 0.6) is 0 Å². The number of halogens is 2. The van der Waals surface area contributed by atoms with Crippen molar-refractivity contribution in [3.63, 3.8) is 0 Å². The van der Waals surface area contributed by atoms with Gasteiger partial charge < -0.3 is 10.6 Å². The Morgan fingerprint density at radius 2 is 2.10 bits per heavy atom. The summed E-state index contributed by atoms with van der Waals surface area (Å²) in [4.78, 5) is 0. The van der Waals surface area contributed by atoms with E-state index in [4.69, 9.17) is 0 Å². The summed E-state index contributed by atoms with van der Waals surface area (Å²) in [6.07, 6.45) is 4.37. The van der Waals surface area contributed by atoms with Crippen molar-refractivity contribution in [1.29, 1.82) is 0 Å². The summed E-state index contributed by atoms with van der Waals surface area (Å²) < 4.78 is 0. The minimum Gasteiger partial charge on any atom is -0.368 e. The highest BCUT2D eigenvalue weighted by atomic mass is 35.5. The number of fused-ring (bicyclic) bond motifs is 1. The fourth-order valence-corrected chi connectivity index (χ4v) is 2.50. The van der Waals surface area contributed by atoms with Gasteiger partial charge in [-0.15, -0.1) is 29.9 Å². The second-order valence-electron chi connectivity index (χ2n) is 4.87. The molecule has 1 fully saturated rings. The van der Waals surface area contributed by atoms with Crippen LogP contribution in [0, 0.1) is 5.92 Å². The molecule has 0 bridgehead atoms. The summed E-state index contributed by atoms with van der Waals surface area (Å²) in [7, 11) is 0. The molecule has 6 heteroatoms. The van der Waals surface area contributed by atoms with Gasteiger partial charge in [-0.05, 0) is 31.8 Å². The van der Waals surface area contributed by atoms with Crippen molar-refractivity contribution >= 4 is 41.4 Å². The summed E-state index contributed by atoms with van der Waals surface area (Å²) in [5.41, 5.74) is 0. The maximum Gasteiger partial charge on any atom is 0.156 e. The third-order valence-corrected chi connectivity index (χ3v) is 3.53. The maximum atomic E-state index is 4.21. The molecule has 1 saturated heterocycles. The number of anilines is 1. The lowest BCUT2D eigenvalue weighted by Crippen LogP contribution is -2.33. The van der Waals surface area contributed by atoms with E-state index in [2.05, 4.69) is 33.0 Å².